The number of amides is 4. The number of rotatable bonds is 4. The summed E-state index contributed by atoms with van der Waals surface area (Å²) in [5.41, 5.74) is 0.952. The Bertz CT molecular complexity index is 898. The van der Waals surface area contributed by atoms with Gasteiger partial charge in [-0.2, -0.15) is 0 Å². The number of aromatic amines is 1. The second-order valence-electron chi connectivity index (χ2n) is 7.75. The average Bonchev–Trinajstić information content (AvgIpc) is 3.20. The number of hydrogen-bond acceptors (Lipinski definition) is 4. The number of benzene rings is 1. The van der Waals surface area contributed by atoms with E-state index in [1.54, 1.807) is 7.05 Å². The topological polar surface area (TPSA) is 98.4 Å². The molecule has 1 saturated heterocycles. The molecule has 2 heterocycles. The molecule has 1 aromatic carbocycles. The van der Waals surface area contributed by atoms with Crippen LogP contribution in [0.15, 0.2) is 24.3 Å². The Labute approximate surface area is 163 Å². The minimum Gasteiger partial charge on any atom is -0.345 e. The molecule has 8 heteroatoms. The molecule has 1 saturated carbocycles. The van der Waals surface area contributed by atoms with Crippen LogP contribution in [-0.4, -0.2) is 56.7 Å². The molecule has 1 aliphatic heterocycles. The summed E-state index contributed by atoms with van der Waals surface area (Å²) < 4.78 is 0. The van der Waals surface area contributed by atoms with Gasteiger partial charge in [-0.3, -0.25) is 14.5 Å². The van der Waals surface area contributed by atoms with Crippen LogP contribution in [0.25, 0.3) is 11.0 Å². The fourth-order valence-corrected chi connectivity index (χ4v) is 4.35. The van der Waals surface area contributed by atoms with Crippen molar-refractivity contribution in [3.63, 3.8) is 0 Å². The van der Waals surface area contributed by atoms with Gasteiger partial charge >= 0.3 is 6.03 Å². The second kappa shape index (κ2) is 6.92. The molecule has 148 valence electrons. The molecule has 1 spiro atoms. The second-order valence-corrected chi connectivity index (χ2v) is 7.75. The number of likely N-dealkylation sites (N-methyl/N-ethyl adjacent to an activating group) is 1. The van der Waals surface area contributed by atoms with Crippen molar-refractivity contribution in [3.8, 4) is 0 Å². The highest BCUT2D eigenvalue weighted by Crippen LogP contribution is 2.39. The van der Waals surface area contributed by atoms with E-state index in [4.69, 9.17) is 0 Å². The molecule has 2 N–H and O–H groups in total. The van der Waals surface area contributed by atoms with Gasteiger partial charge in [0.15, 0.2) is 0 Å². The molecule has 2 fully saturated rings. The van der Waals surface area contributed by atoms with E-state index in [1.165, 1.54) is 4.90 Å². The van der Waals surface area contributed by atoms with Gasteiger partial charge in [-0.05, 0) is 31.9 Å². The van der Waals surface area contributed by atoms with Crippen molar-refractivity contribution in [2.45, 2.75) is 50.6 Å². The SMILES string of the molecule is C[C@H](NC(=O)CN1C(=O)N(C)C2(CCCCC2)C1=O)c1nc2ccccc2[nH]1. The molecule has 28 heavy (non-hydrogen) atoms. The first-order valence-corrected chi connectivity index (χ1v) is 9.76. The lowest BCUT2D eigenvalue weighted by Crippen LogP contribution is -2.49. The molecule has 1 aromatic heterocycles. The van der Waals surface area contributed by atoms with Gasteiger partial charge in [0.1, 0.15) is 17.9 Å². The molecule has 0 unspecified atom stereocenters. The summed E-state index contributed by atoms with van der Waals surface area (Å²) in [6, 6.07) is 6.87. The van der Waals surface area contributed by atoms with Crippen LogP contribution in [0.1, 0.15) is 50.9 Å². The van der Waals surface area contributed by atoms with Crippen LogP contribution in [0.3, 0.4) is 0 Å². The number of fused-ring (bicyclic) bond motifs is 1. The Balaban J connectivity index is 1.44. The Hall–Kier alpha value is -2.90. The summed E-state index contributed by atoms with van der Waals surface area (Å²) >= 11 is 0. The van der Waals surface area contributed by atoms with E-state index >= 15 is 0 Å². The lowest BCUT2D eigenvalue weighted by Gasteiger charge is -2.35. The van der Waals surface area contributed by atoms with Crippen molar-refractivity contribution in [1.82, 2.24) is 25.1 Å². The summed E-state index contributed by atoms with van der Waals surface area (Å²) in [7, 11) is 1.67. The van der Waals surface area contributed by atoms with E-state index in [-0.39, 0.29) is 24.4 Å². The van der Waals surface area contributed by atoms with E-state index in [0.717, 1.165) is 35.2 Å². The first-order chi connectivity index (χ1) is 13.4. The van der Waals surface area contributed by atoms with Gasteiger partial charge < -0.3 is 15.2 Å². The molecule has 4 amide bonds. The minimum atomic E-state index is -0.764. The molecular formula is C20H25N5O3. The minimum absolute atomic E-state index is 0.244. The summed E-state index contributed by atoms with van der Waals surface area (Å²) in [4.78, 5) is 48.4. The zero-order chi connectivity index (χ0) is 19.9. The normalized spacial score (nSPS) is 20.2. The maximum absolute atomic E-state index is 13.0. The van der Waals surface area contributed by atoms with Gasteiger partial charge in [0.2, 0.25) is 5.91 Å². The van der Waals surface area contributed by atoms with Crippen molar-refractivity contribution in [3.05, 3.63) is 30.1 Å². The third-order valence-electron chi connectivity index (χ3n) is 5.98. The fourth-order valence-electron chi connectivity index (χ4n) is 4.35. The van der Waals surface area contributed by atoms with Crippen molar-refractivity contribution in [1.29, 1.82) is 0 Å². The van der Waals surface area contributed by atoms with Crippen LogP contribution < -0.4 is 5.32 Å². The molecule has 1 aliphatic carbocycles. The summed E-state index contributed by atoms with van der Waals surface area (Å²) in [5.74, 6) is 0.0108. The van der Waals surface area contributed by atoms with Crippen molar-refractivity contribution in [2.75, 3.05) is 13.6 Å². The van der Waals surface area contributed by atoms with Crippen molar-refractivity contribution < 1.29 is 14.4 Å². The van der Waals surface area contributed by atoms with Gasteiger partial charge in [-0.15, -0.1) is 0 Å². The summed E-state index contributed by atoms with van der Waals surface area (Å²) in [6.07, 6.45) is 4.26. The van der Waals surface area contributed by atoms with E-state index in [9.17, 15) is 14.4 Å². The molecule has 2 aromatic rings. The van der Waals surface area contributed by atoms with Gasteiger partial charge in [0.25, 0.3) is 5.91 Å². The van der Waals surface area contributed by atoms with Crippen LogP contribution in [0.4, 0.5) is 4.79 Å². The van der Waals surface area contributed by atoms with Crippen LogP contribution in [0.2, 0.25) is 0 Å². The number of aromatic nitrogens is 2. The summed E-state index contributed by atoms with van der Waals surface area (Å²) in [5, 5.41) is 2.83. The Kier molecular flexibility index (Phi) is 4.56. The van der Waals surface area contributed by atoms with E-state index < -0.39 is 11.6 Å². The monoisotopic (exact) mass is 383 g/mol. The number of imide groups is 1. The number of H-pyrrole nitrogens is 1. The van der Waals surface area contributed by atoms with E-state index in [2.05, 4.69) is 15.3 Å². The molecular weight excluding hydrogens is 358 g/mol. The molecule has 0 radical (unpaired) electrons. The number of para-hydroxylation sites is 2. The third-order valence-corrected chi connectivity index (χ3v) is 5.98. The first-order valence-electron chi connectivity index (χ1n) is 9.76. The van der Waals surface area contributed by atoms with Crippen LogP contribution in [0.5, 0.6) is 0 Å². The number of nitrogens with zero attached hydrogens (tertiary/aromatic N) is 3. The van der Waals surface area contributed by atoms with Gasteiger partial charge in [-0.1, -0.05) is 31.4 Å². The van der Waals surface area contributed by atoms with Crippen molar-refractivity contribution in [2.24, 2.45) is 0 Å². The Morgan fingerprint density at radius 3 is 2.68 bits per heavy atom. The third kappa shape index (κ3) is 2.93. The highest BCUT2D eigenvalue weighted by Gasteiger charge is 2.55. The van der Waals surface area contributed by atoms with E-state index in [0.29, 0.717) is 18.7 Å². The molecule has 1 atom stereocenters. The Morgan fingerprint density at radius 1 is 1.25 bits per heavy atom. The summed E-state index contributed by atoms with van der Waals surface area (Å²) in [6.45, 7) is 1.55. The first kappa shape index (κ1) is 18.5. The molecule has 8 nitrogen and oxygen atoms in total. The van der Waals surface area contributed by atoms with E-state index in [1.807, 2.05) is 31.2 Å². The number of imidazole rings is 1. The number of carbonyl (C=O) groups excluding carboxylic acids is 3. The molecule has 4 rings (SSSR count). The average molecular weight is 383 g/mol. The molecule has 2 aliphatic rings. The van der Waals surface area contributed by atoms with Crippen molar-refractivity contribution >= 4 is 28.9 Å². The van der Waals surface area contributed by atoms with Crippen LogP contribution >= 0.6 is 0 Å². The zero-order valence-electron chi connectivity index (χ0n) is 16.2. The van der Waals surface area contributed by atoms with Gasteiger partial charge in [0, 0.05) is 7.05 Å². The zero-order valence-corrected chi connectivity index (χ0v) is 16.2. The quantitative estimate of drug-likeness (QED) is 0.792. The number of nitrogens with one attached hydrogen (secondary N) is 2. The maximum Gasteiger partial charge on any atom is 0.327 e. The standard InChI is InChI=1S/C20H25N5O3/c1-13(17-22-14-8-4-5-9-15(14)23-17)21-16(26)12-25-18(27)20(24(2)19(25)28)10-6-3-7-11-20/h4-5,8-9,13H,3,6-7,10-12H2,1-2H3,(H,21,26)(H,22,23)/t13-/m0/s1. The largest absolute Gasteiger partial charge is 0.345 e. The predicted molar refractivity (Wildman–Crippen MR) is 103 cm³/mol. The highest BCUT2D eigenvalue weighted by molar-refractivity contribution is 6.09. The predicted octanol–water partition coefficient (Wildman–Crippen LogP) is 2.34. The highest BCUT2D eigenvalue weighted by atomic mass is 16.2. The lowest BCUT2D eigenvalue weighted by molar-refractivity contribution is -0.137. The lowest BCUT2D eigenvalue weighted by atomic mass is 9.81. The van der Waals surface area contributed by atoms with Gasteiger partial charge in [-0.25, -0.2) is 9.78 Å². The fraction of sp³-hybridized carbons (Fsp3) is 0.500. The van der Waals surface area contributed by atoms with Crippen LogP contribution in [0, 0.1) is 0 Å². The van der Waals surface area contributed by atoms with Gasteiger partial charge in [0.05, 0.1) is 17.1 Å². The molecule has 0 bridgehead atoms. The maximum atomic E-state index is 13.0. The number of carbonyl (C=O) groups is 3. The smallest absolute Gasteiger partial charge is 0.327 e. The van der Waals surface area contributed by atoms with Crippen LogP contribution in [-0.2, 0) is 9.59 Å². The number of hydrogen-bond donors (Lipinski definition) is 2. The number of urea groups is 1. The Morgan fingerprint density at radius 2 is 1.96 bits per heavy atom.